The van der Waals surface area contributed by atoms with Crippen LogP contribution >= 0.6 is 21.6 Å². The van der Waals surface area contributed by atoms with E-state index in [-0.39, 0.29) is 11.8 Å². The third-order valence-electron chi connectivity index (χ3n) is 3.51. The minimum atomic E-state index is -0.120. The summed E-state index contributed by atoms with van der Waals surface area (Å²) in [6.45, 7) is 6.44. The predicted molar refractivity (Wildman–Crippen MR) is 97.0 cm³/mol. The van der Waals surface area contributed by atoms with Gasteiger partial charge in [0.2, 0.25) is 11.8 Å². The van der Waals surface area contributed by atoms with Crippen LogP contribution in [0.15, 0.2) is 12.2 Å². The van der Waals surface area contributed by atoms with Gasteiger partial charge >= 0.3 is 0 Å². The van der Waals surface area contributed by atoms with E-state index in [4.69, 9.17) is 0 Å². The normalized spacial score (nSPS) is 17.2. The van der Waals surface area contributed by atoms with Crippen molar-refractivity contribution in [2.45, 2.75) is 57.1 Å². The Hall–Kier alpha value is -0.620. The maximum Gasteiger partial charge on any atom is 0.246 e. The van der Waals surface area contributed by atoms with Crippen LogP contribution < -0.4 is 10.6 Å². The molecule has 0 bridgehead atoms. The summed E-state index contributed by atoms with van der Waals surface area (Å²) in [7, 11) is 4.02. The van der Waals surface area contributed by atoms with Gasteiger partial charge in [-0.1, -0.05) is 41.0 Å². The van der Waals surface area contributed by atoms with Crippen molar-refractivity contribution in [2.24, 2.45) is 0 Å². The molecule has 1 aliphatic rings. The van der Waals surface area contributed by atoms with E-state index in [1.54, 1.807) is 6.92 Å². The highest BCUT2D eigenvalue weighted by Crippen LogP contribution is 2.39. The number of carbonyl (C=O) groups excluding carboxylic acids is 2. The second-order valence-electron chi connectivity index (χ2n) is 5.67. The minimum absolute atomic E-state index is 0.120. The average molecular weight is 345 g/mol. The van der Waals surface area contributed by atoms with Crippen molar-refractivity contribution in [1.29, 1.82) is 0 Å². The van der Waals surface area contributed by atoms with Gasteiger partial charge in [0.15, 0.2) is 0 Å². The van der Waals surface area contributed by atoms with Crippen LogP contribution in [0.2, 0.25) is 0 Å². The van der Waals surface area contributed by atoms with Crippen LogP contribution in [0.3, 0.4) is 0 Å². The van der Waals surface area contributed by atoms with Crippen LogP contribution in [0.25, 0.3) is 0 Å². The second-order valence-corrected chi connectivity index (χ2v) is 8.46. The molecule has 1 saturated heterocycles. The van der Waals surface area contributed by atoms with Crippen molar-refractivity contribution in [3.8, 4) is 0 Å². The highest BCUT2D eigenvalue weighted by molar-refractivity contribution is 8.77. The molecule has 1 unspecified atom stereocenters. The molecule has 1 aliphatic heterocycles. The lowest BCUT2D eigenvalue weighted by atomic mass is 10.1. The zero-order valence-corrected chi connectivity index (χ0v) is 15.1. The molecule has 0 radical (unpaired) electrons. The Balaban J connectivity index is 1.86. The molecule has 4 nitrogen and oxygen atoms in total. The van der Waals surface area contributed by atoms with Gasteiger partial charge in [0.1, 0.15) is 0 Å². The Labute approximate surface area is 142 Å². The Morgan fingerprint density at radius 1 is 1.14 bits per heavy atom. The molecule has 0 aliphatic carbocycles. The first-order valence-electron chi connectivity index (χ1n) is 8.08. The Morgan fingerprint density at radius 2 is 1.91 bits per heavy atom. The summed E-state index contributed by atoms with van der Waals surface area (Å²) >= 11 is 0. The molecule has 1 fully saturated rings. The highest BCUT2D eigenvalue weighted by Gasteiger charge is 2.15. The zero-order valence-electron chi connectivity index (χ0n) is 13.5. The zero-order chi connectivity index (χ0) is 16.2. The summed E-state index contributed by atoms with van der Waals surface area (Å²) in [6, 6.07) is 0. The van der Waals surface area contributed by atoms with E-state index >= 15 is 0 Å². The van der Waals surface area contributed by atoms with E-state index < -0.39 is 0 Å². The summed E-state index contributed by atoms with van der Waals surface area (Å²) in [4.78, 5) is 22.9. The lowest BCUT2D eigenvalue weighted by Gasteiger charge is -2.08. The van der Waals surface area contributed by atoms with Crippen molar-refractivity contribution in [2.75, 3.05) is 18.8 Å². The van der Waals surface area contributed by atoms with Crippen LogP contribution in [0, 0.1) is 0 Å². The summed E-state index contributed by atoms with van der Waals surface area (Å²) in [5.41, 5.74) is 0.513. The van der Waals surface area contributed by atoms with E-state index in [9.17, 15) is 9.59 Å². The van der Waals surface area contributed by atoms with Gasteiger partial charge in [-0.2, -0.15) is 0 Å². The molecule has 1 atom stereocenters. The van der Waals surface area contributed by atoms with Gasteiger partial charge in [0.05, 0.1) is 0 Å². The number of unbranched alkanes of at least 4 members (excludes halogenated alkanes) is 2. The van der Waals surface area contributed by atoms with E-state index in [0.29, 0.717) is 25.1 Å². The highest BCUT2D eigenvalue weighted by atomic mass is 33.1. The first kappa shape index (κ1) is 19.4. The SMILES string of the molecule is C=C(C)C(=O)NCCCNC(=O)CCCCCC1CCSS1. The Bertz CT molecular complexity index is 369. The molecule has 0 aromatic heterocycles. The average Bonchev–Trinajstić information content (AvgIpc) is 2.99. The fourth-order valence-corrected chi connectivity index (χ4v) is 5.18. The van der Waals surface area contributed by atoms with Crippen LogP contribution in [0.1, 0.15) is 51.9 Å². The summed E-state index contributed by atoms with van der Waals surface area (Å²) in [5.74, 6) is 1.30. The molecule has 126 valence electrons. The number of amides is 2. The third kappa shape index (κ3) is 9.41. The quantitative estimate of drug-likeness (QED) is 0.343. The lowest BCUT2D eigenvalue weighted by Crippen LogP contribution is -2.29. The summed E-state index contributed by atoms with van der Waals surface area (Å²) in [5, 5.41) is 6.49. The van der Waals surface area contributed by atoms with Crippen LogP contribution in [0.4, 0.5) is 0 Å². The van der Waals surface area contributed by atoms with Gasteiger partial charge in [-0.25, -0.2) is 0 Å². The number of hydrogen-bond donors (Lipinski definition) is 2. The smallest absolute Gasteiger partial charge is 0.246 e. The molecule has 0 aromatic carbocycles. The van der Waals surface area contributed by atoms with Gasteiger partial charge in [-0.15, -0.1) is 0 Å². The minimum Gasteiger partial charge on any atom is -0.356 e. The first-order chi connectivity index (χ1) is 10.6. The van der Waals surface area contributed by atoms with Gasteiger partial charge in [-0.3, -0.25) is 9.59 Å². The monoisotopic (exact) mass is 344 g/mol. The fourth-order valence-electron chi connectivity index (χ4n) is 2.16. The summed E-state index contributed by atoms with van der Waals surface area (Å²) < 4.78 is 0. The third-order valence-corrected chi connectivity index (χ3v) is 6.51. The number of hydrogen-bond acceptors (Lipinski definition) is 4. The van der Waals surface area contributed by atoms with Gasteiger partial charge in [-0.05, 0) is 32.6 Å². The maximum absolute atomic E-state index is 11.6. The molecule has 6 heteroatoms. The van der Waals surface area contributed by atoms with Crippen LogP contribution in [-0.4, -0.2) is 35.9 Å². The standard InChI is InChI=1S/C16H28N2O2S2/c1-13(2)16(20)18-11-6-10-17-15(19)8-5-3-4-7-14-9-12-21-22-14/h14H,1,3-12H2,2H3,(H,17,19)(H,18,20). The fraction of sp³-hybridized carbons (Fsp3) is 0.750. The largest absolute Gasteiger partial charge is 0.356 e. The van der Waals surface area contributed by atoms with E-state index in [2.05, 4.69) is 17.2 Å². The summed E-state index contributed by atoms with van der Waals surface area (Å²) in [6.07, 6.45) is 7.36. The Kier molecular flexibility index (Phi) is 10.5. The van der Waals surface area contributed by atoms with Crippen molar-refractivity contribution in [1.82, 2.24) is 10.6 Å². The molecule has 22 heavy (non-hydrogen) atoms. The van der Waals surface area contributed by atoms with Gasteiger partial charge < -0.3 is 10.6 Å². The predicted octanol–water partition coefficient (Wildman–Crippen LogP) is 3.29. The number of carbonyl (C=O) groups is 2. The molecular weight excluding hydrogens is 316 g/mol. The number of nitrogens with one attached hydrogen (secondary N) is 2. The molecule has 2 amide bonds. The van der Waals surface area contributed by atoms with Gasteiger partial charge in [0, 0.05) is 36.1 Å². The van der Waals surface area contributed by atoms with Gasteiger partial charge in [0.25, 0.3) is 0 Å². The molecule has 0 spiro atoms. The molecule has 1 rings (SSSR count). The molecule has 1 heterocycles. The van der Waals surface area contributed by atoms with E-state index in [1.165, 1.54) is 25.0 Å². The van der Waals surface area contributed by atoms with Crippen molar-refractivity contribution >= 4 is 33.4 Å². The second kappa shape index (κ2) is 11.9. The molecule has 0 saturated carbocycles. The van der Waals surface area contributed by atoms with Crippen LogP contribution in [0.5, 0.6) is 0 Å². The lowest BCUT2D eigenvalue weighted by molar-refractivity contribution is -0.121. The molecule has 2 N–H and O–H groups in total. The molecule has 0 aromatic rings. The van der Waals surface area contributed by atoms with Crippen molar-refractivity contribution in [3.05, 3.63) is 12.2 Å². The topological polar surface area (TPSA) is 58.2 Å². The van der Waals surface area contributed by atoms with Crippen LogP contribution in [-0.2, 0) is 9.59 Å². The van der Waals surface area contributed by atoms with Crippen molar-refractivity contribution < 1.29 is 9.59 Å². The van der Waals surface area contributed by atoms with E-state index in [0.717, 1.165) is 24.5 Å². The Morgan fingerprint density at radius 3 is 2.59 bits per heavy atom. The van der Waals surface area contributed by atoms with Crippen molar-refractivity contribution in [3.63, 3.8) is 0 Å². The number of rotatable bonds is 11. The molecular formula is C16H28N2O2S2. The maximum atomic E-state index is 11.6. The first-order valence-corrected chi connectivity index (χ1v) is 10.5. The van der Waals surface area contributed by atoms with E-state index in [1.807, 2.05) is 21.6 Å².